The standard InChI is InChI=1S/C46H29N3OS/c1-3-11-28(12-4-1)38-27-39(29-13-5-2-6-14-29)48-46(47-38)30-19-21-33-34-22-20-31(26-42(34)50-41(33)25-30)49-40-17-9-7-15-32(40)36-23-24-37-35-16-8-10-18-43(35)51-45(37)44(36)49/h1-26,38H,27H2. The van der Waals surface area contributed by atoms with Crippen molar-refractivity contribution >= 4 is 86.8 Å². The fraction of sp³-hybridized carbons (Fsp3) is 0.0435. The van der Waals surface area contributed by atoms with Crippen LogP contribution in [0.25, 0.3) is 69.6 Å². The van der Waals surface area contributed by atoms with E-state index >= 15 is 0 Å². The Hall–Kier alpha value is -6.30. The highest BCUT2D eigenvalue weighted by Crippen LogP contribution is 2.43. The Morgan fingerprint density at radius 2 is 1.25 bits per heavy atom. The van der Waals surface area contributed by atoms with Gasteiger partial charge in [-0.05, 0) is 47.5 Å². The van der Waals surface area contributed by atoms with E-state index in [1.165, 1.54) is 47.5 Å². The molecule has 11 rings (SSSR count). The van der Waals surface area contributed by atoms with E-state index in [4.69, 9.17) is 14.4 Å². The van der Waals surface area contributed by atoms with Gasteiger partial charge in [-0.25, -0.2) is 4.99 Å². The van der Waals surface area contributed by atoms with E-state index in [2.05, 4.69) is 156 Å². The first-order valence-corrected chi connectivity index (χ1v) is 18.1. The van der Waals surface area contributed by atoms with Gasteiger partial charge in [0.15, 0.2) is 5.84 Å². The molecule has 0 fully saturated rings. The lowest BCUT2D eigenvalue weighted by molar-refractivity contribution is 0.668. The third-order valence-electron chi connectivity index (χ3n) is 10.3. The summed E-state index contributed by atoms with van der Waals surface area (Å²) < 4.78 is 11.7. The molecule has 0 saturated heterocycles. The van der Waals surface area contributed by atoms with Crippen LogP contribution in [-0.2, 0) is 0 Å². The molecule has 0 aliphatic carbocycles. The Bertz CT molecular complexity index is 3060. The molecular formula is C46H29N3OS. The normalized spacial score (nSPS) is 15.0. The molecule has 0 amide bonds. The number of benzene rings is 7. The topological polar surface area (TPSA) is 42.8 Å². The maximum Gasteiger partial charge on any atom is 0.155 e. The van der Waals surface area contributed by atoms with Crippen molar-refractivity contribution in [3.8, 4) is 5.69 Å². The summed E-state index contributed by atoms with van der Waals surface area (Å²) in [6.45, 7) is 0. The second kappa shape index (κ2) is 11.1. The fourth-order valence-corrected chi connectivity index (χ4v) is 9.18. The second-order valence-electron chi connectivity index (χ2n) is 13.3. The number of furan rings is 1. The van der Waals surface area contributed by atoms with Crippen molar-refractivity contribution in [1.29, 1.82) is 0 Å². The molecule has 5 heteroatoms. The number of hydrogen-bond acceptors (Lipinski definition) is 4. The molecule has 0 bridgehead atoms. The van der Waals surface area contributed by atoms with Crippen molar-refractivity contribution in [2.75, 3.05) is 0 Å². The lowest BCUT2D eigenvalue weighted by Gasteiger charge is -2.21. The summed E-state index contributed by atoms with van der Waals surface area (Å²) in [5.41, 5.74) is 9.50. The van der Waals surface area contributed by atoms with Gasteiger partial charge in [0, 0.05) is 60.8 Å². The van der Waals surface area contributed by atoms with Crippen LogP contribution in [0.3, 0.4) is 0 Å². The van der Waals surface area contributed by atoms with Crippen molar-refractivity contribution in [3.05, 3.63) is 174 Å². The monoisotopic (exact) mass is 671 g/mol. The molecule has 4 heterocycles. The van der Waals surface area contributed by atoms with Gasteiger partial charge in [0.2, 0.25) is 0 Å². The number of hydrogen-bond donors (Lipinski definition) is 0. The van der Waals surface area contributed by atoms with Crippen molar-refractivity contribution in [1.82, 2.24) is 4.57 Å². The van der Waals surface area contributed by atoms with Gasteiger partial charge in [-0.3, -0.25) is 4.99 Å². The molecule has 1 aliphatic heterocycles. The minimum Gasteiger partial charge on any atom is -0.456 e. The predicted octanol–water partition coefficient (Wildman–Crippen LogP) is 12.4. The third-order valence-corrected chi connectivity index (χ3v) is 11.5. The molecule has 0 spiro atoms. The molecule has 0 N–H and O–H groups in total. The zero-order chi connectivity index (χ0) is 33.5. The van der Waals surface area contributed by atoms with E-state index in [9.17, 15) is 0 Å². The minimum absolute atomic E-state index is 0.0125. The summed E-state index contributed by atoms with van der Waals surface area (Å²) in [5.74, 6) is 0.731. The maximum absolute atomic E-state index is 6.69. The molecule has 0 radical (unpaired) electrons. The zero-order valence-corrected chi connectivity index (χ0v) is 28.3. The summed E-state index contributed by atoms with van der Waals surface area (Å²) in [4.78, 5) is 10.3. The average molecular weight is 672 g/mol. The molecule has 1 atom stereocenters. The van der Waals surface area contributed by atoms with Gasteiger partial charge in [0.25, 0.3) is 0 Å². The van der Waals surface area contributed by atoms with Gasteiger partial charge < -0.3 is 8.98 Å². The van der Waals surface area contributed by atoms with E-state index in [1.54, 1.807) is 0 Å². The summed E-state index contributed by atoms with van der Waals surface area (Å²) in [6, 6.07) is 56.0. The van der Waals surface area contributed by atoms with Crippen LogP contribution in [0.1, 0.15) is 29.2 Å². The Labute approximate surface area is 297 Å². The number of fused-ring (bicyclic) bond motifs is 10. The van der Waals surface area contributed by atoms with Crippen LogP contribution in [-0.4, -0.2) is 16.1 Å². The summed E-state index contributed by atoms with van der Waals surface area (Å²) in [6.07, 6.45) is 0.754. The van der Waals surface area contributed by atoms with E-state index in [1.807, 2.05) is 17.4 Å². The molecular weight excluding hydrogens is 643 g/mol. The zero-order valence-electron chi connectivity index (χ0n) is 27.5. The molecule has 7 aromatic carbocycles. The number of thiophene rings is 1. The number of nitrogens with zero attached hydrogens (tertiary/aromatic N) is 3. The van der Waals surface area contributed by atoms with Crippen molar-refractivity contribution < 1.29 is 4.42 Å². The quantitative estimate of drug-likeness (QED) is 0.184. The highest BCUT2D eigenvalue weighted by atomic mass is 32.1. The van der Waals surface area contributed by atoms with Gasteiger partial charge >= 0.3 is 0 Å². The first kappa shape index (κ1) is 28.5. The van der Waals surface area contributed by atoms with Crippen LogP contribution in [0.5, 0.6) is 0 Å². The fourth-order valence-electron chi connectivity index (χ4n) is 7.94. The molecule has 51 heavy (non-hydrogen) atoms. The van der Waals surface area contributed by atoms with E-state index < -0.39 is 0 Å². The van der Waals surface area contributed by atoms with Crippen LogP contribution in [0, 0.1) is 0 Å². The first-order chi connectivity index (χ1) is 25.3. The van der Waals surface area contributed by atoms with Crippen LogP contribution in [0.2, 0.25) is 0 Å². The number of rotatable bonds is 4. The SMILES string of the molecule is c1ccc(C2=NC(c3ccc4c(c3)oc3cc(-n5c6ccccc6c6ccc7c8ccccc8sc7c65)ccc34)=NC(c3ccccc3)C2)cc1. The molecule has 240 valence electrons. The average Bonchev–Trinajstić information content (AvgIpc) is 3.87. The van der Waals surface area contributed by atoms with Crippen molar-refractivity contribution in [2.24, 2.45) is 9.98 Å². The first-order valence-electron chi connectivity index (χ1n) is 17.3. The lowest BCUT2D eigenvalue weighted by Crippen LogP contribution is -2.17. The summed E-state index contributed by atoms with van der Waals surface area (Å²) in [5, 5.41) is 7.28. The van der Waals surface area contributed by atoms with E-state index in [-0.39, 0.29) is 6.04 Å². The predicted molar refractivity (Wildman–Crippen MR) is 214 cm³/mol. The number of amidine groups is 1. The smallest absolute Gasteiger partial charge is 0.155 e. The van der Waals surface area contributed by atoms with Crippen LogP contribution in [0.4, 0.5) is 0 Å². The highest BCUT2D eigenvalue weighted by Gasteiger charge is 2.23. The Balaban J connectivity index is 1.07. The van der Waals surface area contributed by atoms with Crippen LogP contribution < -0.4 is 0 Å². The Kier molecular flexibility index (Phi) is 6.21. The molecule has 1 unspecified atom stereocenters. The molecule has 1 aliphatic rings. The molecule has 3 aromatic heterocycles. The third kappa shape index (κ3) is 4.45. The van der Waals surface area contributed by atoms with Gasteiger partial charge in [-0.2, -0.15) is 0 Å². The largest absolute Gasteiger partial charge is 0.456 e. The number of aromatic nitrogens is 1. The van der Waals surface area contributed by atoms with Crippen molar-refractivity contribution in [3.63, 3.8) is 0 Å². The Morgan fingerprint density at radius 1 is 0.569 bits per heavy atom. The maximum atomic E-state index is 6.69. The summed E-state index contributed by atoms with van der Waals surface area (Å²) >= 11 is 1.87. The van der Waals surface area contributed by atoms with Crippen LogP contribution in [0.15, 0.2) is 172 Å². The lowest BCUT2D eigenvalue weighted by atomic mass is 9.95. The van der Waals surface area contributed by atoms with Gasteiger partial charge in [0.05, 0.1) is 27.5 Å². The number of aliphatic imine (C=N–C) groups is 2. The van der Waals surface area contributed by atoms with Crippen LogP contribution >= 0.6 is 11.3 Å². The van der Waals surface area contributed by atoms with Gasteiger partial charge in [-0.15, -0.1) is 11.3 Å². The van der Waals surface area contributed by atoms with Crippen molar-refractivity contribution in [2.45, 2.75) is 12.5 Å². The van der Waals surface area contributed by atoms with Gasteiger partial charge in [0.1, 0.15) is 11.2 Å². The molecule has 10 aromatic rings. The summed E-state index contributed by atoms with van der Waals surface area (Å²) in [7, 11) is 0. The minimum atomic E-state index is -0.0125. The Morgan fingerprint density at radius 3 is 2.12 bits per heavy atom. The van der Waals surface area contributed by atoms with E-state index in [0.29, 0.717) is 0 Å². The van der Waals surface area contributed by atoms with Gasteiger partial charge in [-0.1, -0.05) is 115 Å². The van der Waals surface area contributed by atoms with E-state index in [0.717, 1.165) is 56.7 Å². The number of para-hydroxylation sites is 1. The highest BCUT2D eigenvalue weighted by molar-refractivity contribution is 7.26. The second-order valence-corrected chi connectivity index (χ2v) is 14.3. The molecule has 4 nitrogen and oxygen atoms in total. The molecule has 0 saturated carbocycles.